The zero-order valence-electron chi connectivity index (χ0n) is 15.2. The van der Waals surface area contributed by atoms with Crippen molar-refractivity contribution in [3.05, 3.63) is 34.2 Å². The van der Waals surface area contributed by atoms with Gasteiger partial charge < -0.3 is 14.8 Å². The Hall–Kier alpha value is -1.67. The maximum absolute atomic E-state index is 12.6. The fourth-order valence-electron chi connectivity index (χ4n) is 4.44. The Morgan fingerprint density at radius 3 is 2.59 bits per heavy atom. The normalized spacial score (nSPS) is 25.2. The monoisotopic (exact) mass is 388 g/mol. The van der Waals surface area contributed by atoms with Crippen molar-refractivity contribution in [2.24, 2.45) is 0 Å². The van der Waals surface area contributed by atoms with Crippen LogP contribution in [0.25, 0.3) is 5.76 Å². The third-order valence-electron chi connectivity index (χ3n) is 6.04. The lowest BCUT2D eigenvalue weighted by atomic mass is 9.90. The number of nitrogens with two attached hydrogens (primary N) is 1. The summed E-state index contributed by atoms with van der Waals surface area (Å²) in [5, 5.41) is 2.31. The van der Waals surface area contributed by atoms with Crippen molar-refractivity contribution in [3.63, 3.8) is 0 Å². The molecule has 2 saturated heterocycles. The lowest BCUT2D eigenvalue weighted by Gasteiger charge is -2.41. The first kappa shape index (κ1) is 17.4. The van der Waals surface area contributed by atoms with Gasteiger partial charge in [-0.2, -0.15) is 0 Å². The zero-order valence-corrected chi connectivity index (χ0v) is 16.0. The van der Waals surface area contributed by atoms with Gasteiger partial charge in [0.25, 0.3) is 0 Å². The highest BCUT2D eigenvalue weighted by molar-refractivity contribution is 8.04. The van der Waals surface area contributed by atoms with E-state index in [0.29, 0.717) is 16.2 Å². The van der Waals surface area contributed by atoms with Crippen LogP contribution in [0.3, 0.4) is 0 Å². The number of benzene rings is 1. The summed E-state index contributed by atoms with van der Waals surface area (Å²) in [5.41, 5.74) is 2.21. The van der Waals surface area contributed by atoms with E-state index in [0.717, 1.165) is 69.2 Å². The second kappa shape index (κ2) is 6.74. The number of ketones is 2. The smallest absolute Gasteiger partial charge is 0.243 e. The standard InChI is InChI=1S/C20H22N2O4S/c23-16-14-2-1-13(22-7-9-25-10-8-22)11-15(14)18-19(17(16)24)27-12-20(26-18)3-5-21-6-4-20/h1-2,11,21H,3-10,12H2/p+2. The van der Waals surface area contributed by atoms with E-state index in [1.165, 1.54) is 16.7 Å². The first-order valence-electron chi connectivity index (χ1n) is 9.71. The topological polar surface area (TPSA) is 73.7 Å². The number of carbonyl (C=O) groups is 2. The third-order valence-corrected chi connectivity index (χ3v) is 7.37. The number of nitrogens with one attached hydrogen (secondary N) is 1. The summed E-state index contributed by atoms with van der Waals surface area (Å²) in [7, 11) is 0. The molecule has 0 aromatic heterocycles. The largest absolute Gasteiger partial charge is 0.484 e. The molecule has 3 aliphatic heterocycles. The molecule has 0 saturated carbocycles. The maximum Gasteiger partial charge on any atom is 0.243 e. The van der Waals surface area contributed by atoms with Crippen LogP contribution < -0.4 is 10.2 Å². The highest BCUT2D eigenvalue weighted by Crippen LogP contribution is 2.46. The molecule has 0 amide bonds. The molecule has 1 aromatic rings. The molecular formula is C20H24N2O4S+2. The number of Topliss-reactive ketones (excluding diaryl/α,β-unsaturated/α-hetero) is 2. The van der Waals surface area contributed by atoms with Crippen LogP contribution in [0.2, 0.25) is 0 Å². The van der Waals surface area contributed by atoms with Crippen molar-refractivity contribution in [1.82, 2.24) is 0 Å². The van der Waals surface area contributed by atoms with Crippen LogP contribution in [0.1, 0.15) is 28.8 Å². The molecule has 27 heavy (non-hydrogen) atoms. The summed E-state index contributed by atoms with van der Waals surface area (Å²) in [6.07, 6.45) is 1.95. The van der Waals surface area contributed by atoms with E-state index in [-0.39, 0.29) is 5.60 Å². The van der Waals surface area contributed by atoms with Gasteiger partial charge in [0, 0.05) is 35.8 Å². The predicted molar refractivity (Wildman–Crippen MR) is 101 cm³/mol. The Morgan fingerprint density at radius 2 is 1.81 bits per heavy atom. The van der Waals surface area contributed by atoms with Crippen LogP contribution in [0.4, 0.5) is 5.69 Å². The van der Waals surface area contributed by atoms with E-state index in [1.54, 1.807) is 6.07 Å². The fourth-order valence-corrected chi connectivity index (χ4v) is 5.70. The number of ether oxygens (including phenoxy) is 2. The summed E-state index contributed by atoms with van der Waals surface area (Å²) in [6.45, 7) is 5.38. The van der Waals surface area contributed by atoms with Gasteiger partial charge in [-0.3, -0.25) is 14.5 Å². The number of piperidine rings is 1. The van der Waals surface area contributed by atoms with E-state index in [4.69, 9.17) is 9.47 Å². The number of thioether (sulfide) groups is 1. The number of quaternary nitrogens is 2. The van der Waals surface area contributed by atoms with E-state index in [1.807, 2.05) is 6.07 Å². The number of hydrogen-bond acceptors (Lipinski definition) is 5. The first-order valence-corrected chi connectivity index (χ1v) is 10.7. The minimum Gasteiger partial charge on any atom is -0.484 e. The Kier molecular flexibility index (Phi) is 4.35. The molecule has 2 fully saturated rings. The number of carbonyl (C=O) groups excluding carboxylic acids is 2. The summed E-state index contributed by atoms with van der Waals surface area (Å²) in [5.74, 6) is 0.576. The average Bonchev–Trinajstić information content (AvgIpc) is 2.73. The quantitative estimate of drug-likeness (QED) is 0.636. The van der Waals surface area contributed by atoms with Gasteiger partial charge in [-0.1, -0.05) is 0 Å². The van der Waals surface area contributed by atoms with E-state index < -0.39 is 11.6 Å². The van der Waals surface area contributed by atoms with Crippen LogP contribution >= 0.6 is 11.8 Å². The van der Waals surface area contributed by atoms with Gasteiger partial charge in [-0.15, -0.1) is 11.8 Å². The molecule has 3 heterocycles. The number of allylic oxidation sites excluding steroid dienone is 1. The summed E-state index contributed by atoms with van der Waals surface area (Å²) < 4.78 is 12.0. The van der Waals surface area contributed by atoms with Gasteiger partial charge in [0.05, 0.1) is 26.3 Å². The van der Waals surface area contributed by atoms with E-state index >= 15 is 0 Å². The molecule has 7 heteroatoms. The number of fused-ring (bicyclic) bond motifs is 2. The van der Waals surface area contributed by atoms with Crippen LogP contribution in [-0.4, -0.2) is 62.3 Å². The molecule has 1 aromatic carbocycles. The van der Waals surface area contributed by atoms with Crippen molar-refractivity contribution in [3.8, 4) is 0 Å². The highest BCUT2D eigenvalue weighted by atomic mass is 32.2. The van der Waals surface area contributed by atoms with Gasteiger partial charge in [0.1, 0.15) is 35.0 Å². The van der Waals surface area contributed by atoms with E-state index in [9.17, 15) is 9.59 Å². The maximum atomic E-state index is 12.6. The molecular weight excluding hydrogens is 364 g/mol. The SMILES string of the molecule is O=C1C(=O)c2ccc([NH+]3CCOCC3)cc2C2=C1SCC1(CC[NH2+]CC1)O2. The second-order valence-corrected chi connectivity index (χ2v) is 8.72. The molecule has 4 aliphatic rings. The Bertz CT molecular complexity index is 838. The van der Waals surface area contributed by atoms with Crippen molar-refractivity contribution in [2.45, 2.75) is 18.4 Å². The molecule has 0 atom stereocenters. The number of rotatable bonds is 1. The lowest BCUT2D eigenvalue weighted by Crippen LogP contribution is -3.09. The Balaban J connectivity index is 1.57. The van der Waals surface area contributed by atoms with Crippen molar-refractivity contribution in [1.29, 1.82) is 0 Å². The van der Waals surface area contributed by atoms with Crippen molar-refractivity contribution < 1.29 is 29.3 Å². The molecule has 3 N–H and O–H groups in total. The molecule has 6 nitrogen and oxygen atoms in total. The first-order chi connectivity index (χ1) is 13.2. The minimum absolute atomic E-state index is 0.210. The Morgan fingerprint density at radius 1 is 1.04 bits per heavy atom. The molecule has 0 radical (unpaired) electrons. The summed E-state index contributed by atoms with van der Waals surface area (Å²) in [6, 6.07) is 5.84. The van der Waals surface area contributed by atoms with Crippen LogP contribution in [0.5, 0.6) is 0 Å². The summed E-state index contributed by atoms with van der Waals surface area (Å²) in [4.78, 5) is 27.1. The Labute approximate surface area is 162 Å². The molecule has 5 rings (SSSR count). The van der Waals surface area contributed by atoms with Gasteiger partial charge in [0.15, 0.2) is 0 Å². The van der Waals surface area contributed by atoms with E-state index in [2.05, 4.69) is 11.4 Å². The van der Waals surface area contributed by atoms with Crippen molar-refractivity contribution in [2.75, 3.05) is 45.1 Å². The summed E-state index contributed by atoms with van der Waals surface area (Å²) >= 11 is 1.51. The average molecular weight is 388 g/mol. The van der Waals surface area contributed by atoms with Crippen LogP contribution in [0, 0.1) is 0 Å². The van der Waals surface area contributed by atoms with Crippen molar-refractivity contribution >= 4 is 34.8 Å². The van der Waals surface area contributed by atoms with Crippen LogP contribution in [0.15, 0.2) is 23.1 Å². The third kappa shape index (κ3) is 2.93. The minimum atomic E-state index is -0.411. The van der Waals surface area contributed by atoms with Gasteiger partial charge >= 0.3 is 0 Å². The van der Waals surface area contributed by atoms with Gasteiger partial charge in [0.2, 0.25) is 11.6 Å². The van der Waals surface area contributed by atoms with Gasteiger partial charge in [-0.25, -0.2) is 0 Å². The zero-order chi connectivity index (χ0) is 18.4. The number of hydrogen-bond donors (Lipinski definition) is 2. The lowest BCUT2D eigenvalue weighted by molar-refractivity contribution is -0.842. The molecule has 142 valence electrons. The van der Waals surface area contributed by atoms with Crippen LogP contribution in [-0.2, 0) is 14.3 Å². The predicted octanol–water partition coefficient (Wildman–Crippen LogP) is -0.473. The second-order valence-electron chi connectivity index (χ2n) is 7.73. The molecule has 1 spiro atoms. The van der Waals surface area contributed by atoms with Gasteiger partial charge in [-0.05, 0) is 12.1 Å². The number of morpholine rings is 1. The molecule has 0 bridgehead atoms. The highest BCUT2D eigenvalue weighted by Gasteiger charge is 2.46. The fraction of sp³-hybridized carbons (Fsp3) is 0.500. The molecule has 1 aliphatic carbocycles. The molecule has 0 unspecified atom stereocenters.